The number of carbonyl (C=O) groups is 1. The Kier molecular flexibility index (Phi) is 5.21. The van der Waals surface area contributed by atoms with E-state index in [1.54, 1.807) is 12.1 Å². The van der Waals surface area contributed by atoms with Crippen molar-refractivity contribution in [3.63, 3.8) is 0 Å². The lowest BCUT2D eigenvalue weighted by molar-refractivity contribution is -0.136. The van der Waals surface area contributed by atoms with Crippen LogP contribution in [0.5, 0.6) is 0 Å². The van der Waals surface area contributed by atoms with Crippen LogP contribution in [0, 0.1) is 11.7 Å². The van der Waals surface area contributed by atoms with E-state index in [0.717, 1.165) is 34.1 Å². The number of nitrogens with zero attached hydrogens (tertiary/aromatic N) is 4. The molecule has 0 N–H and O–H groups in total. The summed E-state index contributed by atoms with van der Waals surface area (Å²) in [5, 5.41) is 1.95. The van der Waals surface area contributed by atoms with E-state index in [0.29, 0.717) is 36.2 Å². The number of anilines is 2. The second-order valence-electron chi connectivity index (χ2n) is 7.60. The number of hydrogen-bond donors (Lipinski definition) is 0. The average molecular weight is 465 g/mol. The Morgan fingerprint density at radius 2 is 1.83 bits per heavy atom. The highest BCUT2D eigenvalue weighted by molar-refractivity contribution is 7.22. The molecule has 1 aromatic heterocycles. The molecule has 0 bridgehead atoms. The third-order valence-corrected chi connectivity index (χ3v) is 7.59. The molecule has 0 atom stereocenters. The fourth-order valence-corrected chi connectivity index (χ4v) is 5.40. The van der Waals surface area contributed by atoms with Gasteiger partial charge >= 0.3 is 0 Å². The van der Waals surface area contributed by atoms with Gasteiger partial charge in [-0.2, -0.15) is 0 Å². The lowest BCUT2D eigenvalue weighted by Crippen LogP contribution is -2.58. The maximum absolute atomic E-state index is 13.4. The van der Waals surface area contributed by atoms with Crippen LogP contribution in [0.25, 0.3) is 10.2 Å². The average Bonchev–Trinajstić information content (AvgIpc) is 3.11. The van der Waals surface area contributed by atoms with Crippen LogP contribution in [-0.4, -0.2) is 55.1 Å². The van der Waals surface area contributed by atoms with E-state index in [-0.39, 0.29) is 17.6 Å². The summed E-state index contributed by atoms with van der Waals surface area (Å²) in [6.07, 6.45) is 0. The van der Waals surface area contributed by atoms with E-state index in [1.807, 2.05) is 17.0 Å². The molecule has 5 rings (SSSR count). The lowest BCUT2D eigenvalue weighted by atomic mass is 9.99. The van der Waals surface area contributed by atoms with E-state index < -0.39 is 0 Å². The molecule has 5 nitrogen and oxygen atoms in total. The maximum Gasteiger partial charge on any atom is 0.229 e. The molecule has 2 aliphatic heterocycles. The molecule has 2 aromatic carbocycles. The monoisotopic (exact) mass is 464 g/mol. The molecule has 0 aliphatic carbocycles. The quantitative estimate of drug-likeness (QED) is 0.570. The van der Waals surface area contributed by atoms with Crippen molar-refractivity contribution in [1.29, 1.82) is 0 Å². The SMILES string of the molecule is O=C(C1CN(c2nc3ccc(F)cc3s2)C1)N1CCN(c2cccc(Cl)c2Cl)CC1. The topological polar surface area (TPSA) is 39.7 Å². The van der Waals surface area contributed by atoms with E-state index in [2.05, 4.69) is 14.8 Å². The van der Waals surface area contributed by atoms with Gasteiger partial charge < -0.3 is 14.7 Å². The Hall–Kier alpha value is -2.09. The Morgan fingerprint density at radius 3 is 2.60 bits per heavy atom. The number of piperazine rings is 1. The molecule has 0 radical (unpaired) electrons. The molecule has 0 unspecified atom stereocenters. The number of halogens is 3. The Balaban J connectivity index is 1.17. The number of amides is 1. The van der Waals surface area contributed by atoms with Crippen molar-refractivity contribution in [1.82, 2.24) is 9.88 Å². The van der Waals surface area contributed by atoms with Crippen LogP contribution in [0.4, 0.5) is 15.2 Å². The van der Waals surface area contributed by atoms with Gasteiger partial charge in [0.05, 0.1) is 31.9 Å². The van der Waals surface area contributed by atoms with Crippen LogP contribution in [-0.2, 0) is 4.79 Å². The normalized spacial score (nSPS) is 17.5. The zero-order valence-electron chi connectivity index (χ0n) is 16.0. The fourth-order valence-electron chi connectivity index (χ4n) is 3.98. The van der Waals surface area contributed by atoms with Gasteiger partial charge in [-0.1, -0.05) is 40.6 Å². The van der Waals surface area contributed by atoms with E-state index in [1.165, 1.54) is 23.5 Å². The number of benzene rings is 2. The zero-order chi connectivity index (χ0) is 20.8. The third kappa shape index (κ3) is 3.59. The molecule has 2 saturated heterocycles. The van der Waals surface area contributed by atoms with Crippen LogP contribution >= 0.6 is 34.5 Å². The molecule has 3 heterocycles. The van der Waals surface area contributed by atoms with Crippen molar-refractivity contribution in [3.05, 3.63) is 52.3 Å². The van der Waals surface area contributed by atoms with Crippen molar-refractivity contribution in [3.8, 4) is 0 Å². The van der Waals surface area contributed by atoms with Gasteiger partial charge in [0.2, 0.25) is 5.91 Å². The molecule has 30 heavy (non-hydrogen) atoms. The van der Waals surface area contributed by atoms with Gasteiger partial charge in [-0.15, -0.1) is 0 Å². The summed E-state index contributed by atoms with van der Waals surface area (Å²) in [6.45, 7) is 4.09. The molecule has 1 amide bonds. The van der Waals surface area contributed by atoms with Crippen molar-refractivity contribution in [2.24, 2.45) is 5.92 Å². The van der Waals surface area contributed by atoms with Crippen LogP contribution in [0.3, 0.4) is 0 Å². The van der Waals surface area contributed by atoms with Gasteiger partial charge in [0.15, 0.2) is 5.13 Å². The lowest BCUT2D eigenvalue weighted by Gasteiger charge is -2.43. The zero-order valence-corrected chi connectivity index (χ0v) is 18.4. The summed E-state index contributed by atoms with van der Waals surface area (Å²) in [7, 11) is 0. The Bertz CT molecular complexity index is 1110. The van der Waals surface area contributed by atoms with Crippen LogP contribution in [0.1, 0.15) is 0 Å². The fraction of sp³-hybridized carbons (Fsp3) is 0.333. The van der Waals surface area contributed by atoms with Crippen molar-refractivity contribution in [2.45, 2.75) is 0 Å². The minimum Gasteiger partial charge on any atom is -0.367 e. The minimum absolute atomic E-state index is 0.0185. The van der Waals surface area contributed by atoms with E-state index in [9.17, 15) is 9.18 Å². The predicted molar refractivity (Wildman–Crippen MR) is 121 cm³/mol. The largest absolute Gasteiger partial charge is 0.367 e. The molecule has 2 aliphatic rings. The number of thiazole rings is 1. The summed E-state index contributed by atoms with van der Waals surface area (Å²) in [5.41, 5.74) is 1.71. The van der Waals surface area contributed by atoms with E-state index >= 15 is 0 Å². The summed E-state index contributed by atoms with van der Waals surface area (Å²) in [4.78, 5) is 23.7. The first kappa shape index (κ1) is 19.8. The first-order valence-electron chi connectivity index (χ1n) is 9.78. The second kappa shape index (κ2) is 7.87. The molecular formula is C21H19Cl2FN4OS. The van der Waals surface area contributed by atoms with Crippen molar-refractivity contribution < 1.29 is 9.18 Å². The number of rotatable bonds is 3. The third-order valence-electron chi connectivity index (χ3n) is 5.70. The summed E-state index contributed by atoms with van der Waals surface area (Å²) < 4.78 is 14.2. The van der Waals surface area contributed by atoms with Gasteiger partial charge in [-0.3, -0.25) is 4.79 Å². The maximum atomic E-state index is 13.4. The van der Waals surface area contributed by atoms with Gasteiger partial charge in [0, 0.05) is 39.3 Å². The van der Waals surface area contributed by atoms with E-state index in [4.69, 9.17) is 23.2 Å². The standard InChI is InChI=1S/C21H19Cl2FN4OS/c22-15-2-1-3-17(19(15)23)26-6-8-27(9-7-26)20(29)13-11-28(12-13)21-25-16-5-4-14(24)10-18(16)30-21/h1-5,10,13H,6-9,11-12H2. The summed E-state index contributed by atoms with van der Waals surface area (Å²) in [6, 6.07) is 10.2. The van der Waals surface area contributed by atoms with Crippen molar-refractivity contribution in [2.75, 3.05) is 49.1 Å². The second-order valence-corrected chi connectivity index (χ2v) is 9.39. The van der Waals surface area contributed by atoms with Crippen molar-refractivity contribution >= 4 is 61.5 Å². The number of aromatic nitrogens is 1. The summed E-state index contributed by atoms with van der Waals surface area (Å²) >= 11 is 13.9. The highest BCUT2D eigenvalue weighted by Crippen LogP contribution is 2.35. The summed E-state index contributed by atoms with van der Waals surface area (Å²) in [5.74, 6) is -0.0853. The molecule has 0 saturated carbocycles. The molecule has 156 valence electrons. The Morgan fingerprint density at radius 1 is 1.07 bits per heavy atom. The highest BCUT2D eigenvalue weighted by atomic mass is 35.5. The van der Waals surface area contributed by atoms with Gasteiger partial charge in [0.25, 0.3) is 0 Å². The molecule has 9 heteroatoms. The predicted octanol–water partition coefficient (Wildman–Crippen LogP) is 4.53. The molecule has 2 fully saturated rings. The number of hydrogen-bond acceptors (Lipinski definition) is 5. The molecule has 0 spiro atoms. The number of fused-ring (bicyclic) bond motifs is 1. The highest BCUT2D eigenvalue weighted by Gasteiger charge is 2.37. The number of carbonyl (C=O) groups excluding carboxylic acids is 1. The Labute approximate surface area is 187 Å². The van der Waals surface area contributed by atoms with Crippen LogP contribution < -0.4 is 9.80 Å². The van der Waals surface area contributed by atoms with Crippen LogP contribution in [0.2, 0.25) is 10.0 Å². The smallest absolute Gasteiger partial charge is 0.229 e. The van der Waals surface area contributed by atoms with Gasteiger partial charge in [0.1, 0.15) is 5.82 Å². The minimum atomic E-state index is -0.257. The first-order valence-corrected chi connectivity index (χ1v) is 11.4. The van der Waals surface area contributed by atoms with Gasteiger partial charge in [-0.05, 0) is 30.3 Å². The molecular weight excluding hydrogens is 446 g/mol. The molecule has 3 aromatic rings. The van der Waals surface area contributed by atoms with Crippen LogP contribution in [0.15, 0.2) is 36.4 Å². The first-order chi connectivity index (χ1) is 14.5. The van der Waals surface area contributed by atoms with Gasteiger partial charge in [-0.25, -0.2) is 9.37 Å².